The van der Waals surface area contributed by atoms with Gasteiger partial charge in [-0.1, -0.05) is 32.6 Å². The van der Waals surface area contributed by atoms with Crippen LogP contribution in [-0.4, -0.2) is 63.7 Å². The van der Waals surface area contributed by atoms with Gasteiger partial charge in [0.05, 0.1) is 6.61 Å². The molecule has 0 aliphatic carbocycles. The highest BCUT2D eigenvalue weighted by molar-refractivity contribution is 5.86. The third-order valence-corrected chi connectivity index (χ3v) is 3.09. The fraction of sp³-hybridized carbons (Fsp3) is 0.857. The molecule has 0 rings (SSSR count). The molecule has 7 heteroatoms. The maximum Gasteiger partial charge on any atom is 0.306 e. The number of hydrogen-bond acceptors (Lipinski definition) is 7. The second kappa shape index (κ2) is 11.6. The van der Waals surface area contributed by atoms with E-state index in [-0.39, 0.29) is 6.42 Å². The van der Waals surface area contributed by atoms with Gasteiger partial charge in [-0.25, -0.2) is 0 Å². The summed E-state index contributed by atoms with van der Waals surface area (Å²) in [5.41, 5.74) is 0. The third kappa shape index (κ3) is 8.77. The molecule has 0 fully saturated rings. The molecule has 4 N–H and O–H groups in total. The summed E-state index contributed by atoms with van der Waals surface area (Å²) in [7, 11) is 0. The minimum Gasteiger partial charge on any atom is -0.458 e. The normalized spacial score (nSPS) is 15.3. The van der Waals surface area contributed by atoms with Gasteiger partial charge in [0, 0.05) is 6.42 Å². The number of Topliss-reactive ketones (excluding diaryl/α,β-unsaturated/α-hetero) is 1. The smallest absolute Gasteiger partial charge is 0.306 e. The molecular formula is C14H26O7. The van der Waals surface area contributed by atoms with Crippen LogP contribution in [0.3, 0.4) is 0 Å². The molecule has 124 valence electrons. The fourth-order valence-corrected chi connectivity index (χ4v) is 1.69. The first-order chi connectivity index (χ1) is 9.93. The van der Waals surface area contributed by atoms with Crippen LogP contribution in [0.2, 0.25) is 0 Å². The average molecular weight is 306 g/mol. The Balaban J connectivity index is 3.88. The number of aliphatic hydroxyl groups is 4. The number of aliphatic hydroxyl groups excluding tert-OH is 4. The van der Waals surface area contributed by atoms with Gasteiger partial charge in [0.1, 0.15) is 18.3 Å². The molecule has 0 bridgehead atoms. The number of esters is 1. The molecule has 0 heterocycles. The molecule has 0 saturated heterocycles. The van der Waals surface area contributed by atoms with Crippen molar-refractivity contribution in [3.63, 3.8) is 0 Å². The van der Waals surface area contributed by atoms with Crippen molar-refractivity contribution in [3.05, 3.63) is 0 Å². The number of carbonyl (C=O) groups is 2. The van der Waals surface area contributed by atoms with E-state index >= 15 is 0 Å². The van der Waals surface area contributed by atoms with Crippen molar-refractivity contribution in [2.75, 3.05) is 13.2 Å². The van der Waals surface area contributed by atoms with Crippen LogP contribution in [-0.2, 0) is 14.3 Å². The highest BCUT2D eigenvalue weighted by atomic mass is 16.5. The number of hydrogen-bond donors (Lipinski definition) is 4. The molecule has 0 aliphatic heterocycles. The number of rotatable bonds is 12. The fourth-order valence-electron chi connectivity index (χ4n) is 1.69. The van der Waals surface area contributed by atoms with Gasteiger partial charge in [-0.05, 0) is 6.42 Å². The number of unbranched alkanes of at least 4 members (excludes halogenated alkanes) is 4. The van der Waals surface area contributed by atoms with E-state index in [1.165, 1.54) is 0 Å². The van der Waals surface area contributed by atoms with Crippen LogP contribution in [0, 0.1) is 0 Å². The largest absolute Gasteiger partial charge is 0.458 e. The van der Waals surface area contributed by atoms with E-state index in [1.54, 1.807) is 0 Å². The zero-order valence-electron chi connectivity index (χ0n) is 12.4. The van der Waals surface area contributed by atoms with Crippen LogP contribution in [0.5, 0.6) is 0 Å². The first-order valence-corrected chi connectivity index (χ1v) is 7.27. The molecule has 21 heavy (non-hydrogen) atoms. The number of carbonyl (C=O) groups excluding carboxylic acids is 2. The Morgan fingerprint density at radius 2 is 1.67 bits per heavy atom. The van der Waals surface area contributed by atoms with Gasteiger partial charge in [0.2, 0.25) is 5.78 Å². The Bertz CT molecular complexity index is 306. The lowest BCUT2D eigenvalue weighted by Gasteiger charge is -2.20. The van der Waals surface area contributed by atoms with Gasteiger partial charge in [-0.2, -0.15) is 0 Å². The predicted molar refractivity (Wildman–Crippen MR) is 74.4 cm³/mol. The van der Waals surface area contributed by atoms with E-state index in [2.05, 4.69) is 6.92 Å². The molecule has 0 amide bonds. The molecule has 0 aliphatic rings. The molecular weight excluding hydrogens is 280 g/mol. The first-order valence-electron chi connectivity index (χ1n) is 7.27. The summed E-state index contributed by atoms with van der Waals surface area (Å²) in [6.07, 6.45) is -0.258. The van der Waals surface area contributed by atoms with Gasteiger partial charge in [0.15, 0.2) is 6.61 Å². The molecule has 0 unspecified atom stereocenters. The lowest BCUT2D eigenvalue weighted by Crippen LogP contribution is -2.45. The molecule has 3 atom stereocenters. The highest BCUT2D eigenvalue weighted by Crippen LogP contribution is 2.06. The molecule has 0 spiro atoms. The van der Waals surface area contributed by atoms with Crippen molar-refractivity contribution in [2.24, 2.45) is 0 Å². The molecule has 0 radical (unpaired) electrons. The Morgan fingerprint density at radius 3 is 2.24 bits per heavy atom. The first kappa shape index (κ1) is 20.0. The Labute approximate surface area is 124 Å². The van der Waals surface area contributed by atoms with E-state index in [0.717, 1.165) is 25.7 Å². The molecule has 0 aromatic carbocycles. The van der Waals surface area contributed by atoms with E-state index in [0.29, 0.717) is 6.42 Å². The monoisotopic (exact) mass is 306 g/mol. The van der Waals surface area contributed by atoms with Gasteiger partial charge in [-0.3, -0.25) is 9.59 Å². The summed E-state index contributed by atoms with van der Waals surface area (Å²) in [6, 6.07) is 0. The van der Waals surface area contributed by atoms with Crippen LogP contribution < -0.4 is 0 Å². The van der Waals surface area contributed by atoms with Crippen LogP contribution in [0.4, 0.5) is 0 Å². The summed E-state index contributed by atoms with van der Waals surface area (Å²) in [5.74, 6) is -1.46. The van der Waals surface area contributed by atoms with Crippen LogP contribution in [0.25, 0.3) is 0 Å². The topological polar surface area (TPSA) is 124 Å². The van der Waals surface area contributed by atoms with E-state index in [9.17, 15) is 19.8 Å². The maximum absolute atomic E-state index is 11.4. The van der Waals surface area contributed by atoms with Gasteiger partial charge >= 0.3 is 5.97 Å². The van der Waals surface area contributed by atoms with Crippen molar-refractivity contribution < 1.29 is 34.8 Å². The molecule has 7 nitrogen and oxygen atoms in total. The maximum atomic E-state index is 11.4. The van der Waals surface area contributed by atoms with Crippen LogP contribution in [0.1, 0.15) is 45.4 Å². The zero-order valence-corrected chi connectivity index (χ0v) is 12.4. The van der Waals surface area contributed by atoms with Crippen molar-refractivity contribution in [1.82, 2.24) is 0 Å². The standard InChI is InChI=1S/C14H26O7/c1-2-3-4-5-6-7-12(18)21-9-11(17)14(20)13(19)10(16)8-15/h10,13-16,19-20H,2-9H2,1H3/t10-,13+,14-/m0/s1. The minimum atomic E-state index is -1.90. The second-order valence-corrected chi connectivity index (χ2v) is 4.98. The Morgan fingerprint density at radius 1 is 1.05 bits per heavy atom. The summed E-state index contributed by atoms with van der Waals surface area (Å²) in [4.78, 5) is 22.8. The molecule has 0 saturated carbocycles. The summed E-state index contributed by atoms with van der Waals surface area (Å²) in [5, 5.41) is 36.4. The SMILES string of the molecule is CCCCCCCC(=O)OCC(=O)[C@H](O)[C@H](O)[C@@H](O)CO. The lowest BCUT2D eigenvalue weighted by molar-refractivity contribution is -0.155. The summed E-state index contributed by atoms with van der Waals surface area (Å²) in [6.45, 7) is 0.639. The molecule has 0 aromatic rings. The van der Waals surface area contributed by atoms with E-state index < -0.39 is 43.3 Å². The van der Waals surface area contributed by atoms with Gasteiger partial charge < -0.3 is 25.2 Å². The second-order valence-electron chi connectivity index (χ2n) is 4.98. The Kier molecular flexibility index (Phi) is 11.1. The van der Waals surface area contributed by atoms with Crippen molar-refractivity contribution >= 4 is 11.8 Å². The lowest BCUT2D eigenvalue weighted by atomic mass is 10.1. The number of ketones is 1. The van der Waals surface area contributed by atoms with Crippen molar-refractivity contribution in [1.29, 1.82) is 0 Å². The quantitative estimate of drug-likeness (QED) is 0.284. The zero-order chi connectivity index (χ0) is 16.3. The average Bonchev–Trinajstić information content (AvgIpc) is 2.49. The van der Waals surface area contributed by atoms with Crippen molar-refractivity contribution in [3.8, 4) is 0 Å². The number of ether oxygens (including phenoxy) is 1. The van der Waals surface area contributed by atoms with Crippen LogP contribution in [0.15, 0.2) is 0 Å². The van der Waals surface area contributed by atoms with E-state index in [4.69, 9.17) is 14.9 Å². The third-order valence-electron chi connectivity index (χ3n) is 3.09. The van der Waals surface area contributed by atoms with Gasteiger partial charge in [0.25, 0.3) is 0 Å². The summed E-state index contributed by atoms with van der Waals surface area (Å²) < 4.78 is 4.69. The van der Waals surface area contributed by atoms with Gasteiger partial charge in [-0.15, -0.1) is 0 Å². The summed E-state index contributed by atoms with van der Waals surface area (Å²) >= 11 is 0. The van der Waals surface area contributed by atoms with E-state index in [1.807, 2.05) is 0 Å². The highest BCUT2D eigenvalue weighted by Gasteiger charge is 2.30. The van der Waals surface area contributed by atoms with Crippen molar-refractivity contribution in [2.45, 2.75) is 63.8 Å². The minimum absolute atomic E-state index is 0.203. The molecule has 0 aromatic heterocycles. The van der Waals surface area contributed by atoms with Crippen LogP contribution >= 0.6 is 0 Å². The Hall–Kier alpha value is -1.02. The predicted octanol–water partition coefficient (Wildman–Crippen LogP) is -0.466.